The number of nitrogens with one attached hydrogen (secondary N) is 2. The van der Waals surface area contributed by atoms with Crippen LogP contribution in [0.1, 0.15) is 6.92 Å². The zero-order chi connectivity index (χ0) is 30.5. The van der Waals surface area contributed by atoms with Gasteiger partial charge in [0.05, 0.1) is 35.7 Å². The number of ether oxygens (including phenoxy) is 3. The molecule has 11 nitrogen and oxygen atoms in total. The van der Waals surface area contributed by atoms with E-state index in [0.717, 1.165) is 25.1 Å². The number of methoxy groups -OCH3 is 2. The minimum atomic E-state index is -5.08. The number of anilines is 2. The highest BCUT2D eigenvalue weighted by Gasteiger charge is 2.39. The molecule has 0 bridgehead atoms. The number of alkyl halides is 6. The Morgan fingerprint density at radius 3 is 2.12 bits per heavy atom. The number of aromatic nitrogens is 2. The van der Waals surface area contributed by atoms with Gasteiger partial charge in [-0.3, -0.25) is 0 Å². The van der Waals surface area contributed by atoms with Gasteiger partial charge < -0.3 is 24.6 Å². The fourth-order valence-corrected chi connectivity index (χ4v) is 3.64. The molecule has 220 valence electrons. The Bertz CT molecular complexity index is 1470. The lowest BCUT2D eigenvalue weighted by molar-refractivity contribution is -0.192. The largest absolute Gasteiger partial charge is 0.497 e. The molecule has 0 spiro atoms. The summed E-state index contributed by atoms with van der Waals surface area (Å²) < 4.78 is 113. The highest BCUT2D eigenvalue weighted by Crippen LogP contribution is 2.38. The minimum absolute atomic E-state index is 0.0553. The van der Waals surface area contributed by atoms with Crippen molar-refractivity contribution in [2.45, 2.75) is 30.3 Å². The maximum atomic E-state index is 13.1. The van der Waals surface area contributed by atoms with Gasteiger partial charge in [-0.15, -0.1) is 0 Å². The first-order valence-electron chi connectivity index (χ1n) is 10.7. The molecule has 40 heavy (non-hydrogen) atoms. The van der Waals surface area contributed by atoms with E-state index in [1.807, 2.05) is 0 Å². The summed E-state index contributed by atoms with van der Waals surface area (Å²) in [5.41, 5.74) is 0.370. The minimum Gasteiger partial charge on any atom is -0.497 e. The van der Waals surface area contributed by atoms with Crippen molar-refractivity contribution in [3.05, 3.63) is 36.7 Å². The van der Waals surface area contributed by atoms with Gasteiger partial charge in [-0.25, -0.2) is 27.9 Å². The van der Waals surface area contributed by atoms with Crippen molar-refractivity contribution in [1.29, 1.82) is 0 Å². The van der Waals surface area contributed by atoms with Gasteiger partial charge in [0, 0.05) is 12.1 Å². The number of nitrogens with zero attached hydrogens (tertiary/aromatic N) is 2. The monoisotopic (exact) mass is 600 g/mol. The third-order valence-electron chi connectivity index (χ3n) is 4.92. The SMILES string of the molecule is CNS(=O)(=O)c1ccc(OC(C)C(F)(F)F)c(Nc2ncnc3cc(OC)cc(OC)c23)c1.O=C(O)C(F)(F)F. The number of benzene rings is 2. The molecule has 2 aromatic carbocycles. The molecule has 0 saturated heterocycles. The molecular formula is C22H22F6N4O7S. The van der Waals surface area contributed by atoms with E-state index in [4.69, 9.17) is 24.1 Å². The summed E-state index contributed by atoms with van der Waals surface area (Å²) in [5, 5.41) is 10.4. The summed E-state index contributed by atoms with van der Waals surface area (Å²) in [7, 11) is 0.218. The standard InChI is InChI=1S/C20H21F3N4O5S.C2HF3O2/c1-11(20(21,22)23)32-16-6-5-13(33(28,29)24-2)9-14(16)27-19-18-15(25-10-26-19)7-12(30-3)8-17(18)31-4;3-2(4,5)1(6)7/h5-11,24H,1-4H3,(H,25,26,27);(H,6,7). The molecular weight excluding hydrogens is 578 g/mol. The molecule has 1 heterocycles. The zero-order valence-electron chi connectivity index (χ0n) is 21.0. The van der Waals surface area contributed by atoms with Gasteiger partial charge >= 0.3 is 18.3 Å². The molecule has 1 atom stereocenters. The smallest absolute Gasteiger partial charge is 0.490 e. The Morgan fingerprint density at radius 2 is 1.62 bits per heavy atom. The predicted octanol–water partition coefficient (Wildman–Crippen LogP) is 4.26. The summed E-state index contributed by atoms with van der Waals surface area (Å²) >= 11 is 0. The van der Waals surface area contributed by atoms with Gasteiger partial charge in [-0.1, -0.05) is 0 Å². The van der Waals surface area contributed by atoms with Crippen LogP contribution in [0.15, 0.2) is 41.6 Å². The van der Waals surface area contributed by atoms with Crippen LogP contribution in [0.5, 0.6) is 17.2 Å². The average molecular weight is 600 g/mol. The van der Waals surface area contributed by atoms with Gasteiger partial charge in [0.15, 0.2) is 6.10 Å². The number of carboxylic acids is 1. The van der Waals surface area contributed by atoms with Crippen LogP contribution in [0.2, 0.25) is 0 Å². The highest BCUT2D eigenvalue weighted by molar-refractivity contribution is 7.89. The third-order valence-corrected chi connectivity index (χ3v) is 6.33. The number of hydrogen-bond acceptors (Lipinski definition) is 9. The Balaban J connectivity index is 0.000000708. The van der Waals surface area contributed by atoms with Crippen molar-refractivity contribution in [2.24, 2.45) is 0 Å². The van der Waals surface area contributed by atoms with Gasteiger partial charge in [-0.2, -0.15) is 26.3 Å². The lowest BCUT2D eigenvalue weighted by atomic mass is 10.2. The van der Waals surface area contributed by atoms with Crippen LogP contribution in [0.4, 0.5) is 37.8 Å². The first kappa shape index (κ1) is 32.2. The van der Waals surface area contributed by atoms with Crippen molar-refractivity contribution < 1.29 is 58.9 Å². The van der Waals surface area contributed by atoms with Crippen LogP contribution in [-0.4, -0.2) is 69.2 Å². The first-order chi connectivity index (χ1) is 18.4. The van der Waals surface area contributed by atoms with Crippen molar-refractivity contribution in [1.82, 2.24) is 14.7 Å². The molecule has 1 unspecified atom stereocenters. The molecule has 0 amide bonds. The Kier molecular flexibility index (Phi) is 9.98. The second-order valence-corrected chi connectivity index (χ2v) is 9.43. The molecule has 3 aromatic rings. The molecule has 0 aliphatic carbocycles. The maximum absolute atomic E-state index is 13.1. The number of carboxylic acid groups (broad SMARTS) is 1. The van der Waals surface area contributed by atoms with Crippen LogP contribution in [0, 0.1) is 0 Å². The zero-order valence-corrected chi connectivity index (χ0v) is 21.8. The molecule has 0 radical (unpaired) electrons. The molecule has 1 aromatic heterocycles. The predicted molar refractivity (Wildman–Crippen MR) is 128 cm³/mol. The second-order valence-electron chi connectivity index (χ2n) is 7.54. The molecule has 0 fully saturated rings. The van der Waals surface area contributed by atoms with E-state index in [0.29, 0.717) is 22.4 Å². The fourth-order valence-electron chi connectivity index (χ4n) is 2.88. The van der Waals surface area contributed by atoms with E-state index >= 15 is 0 Å². The molecule has 0 aliphatic rings. The molecule has 0 saturated carbocycles. The summed E-state index contributed by atoms with van der Waals surface area (Å²) in [6, 6.07) is 6.63. The van der Waals surface area contributed by atoms with Crippen molar-refractivity contribution in [2.75, 3.05) is 26.6 Å². The average Bonchev–Trinajstić information content (AvgIpc) is 2.88. The molecule has 18 heteroatoms. The number of fused-ring (bicyclic) bond motifs is 1. The van der Waals surface area contributed by atoms with Gasteiger partial charge in [0.2, 0.25) is 10.0 Å². The number of rotatable bonds is 8. The lowest BCUT2D eigenvalue weighted by Crippen LogP contribution is -2.31. The van der Waals surface area contributed by atoms with E-state index in [-0.39, 0.29) is 22.2 Å². The lowest BCUT2D eigenvalue weighted by Gasteiger charge is -2.21. The van der Waals surface area contributed by atoms with Crippen LogP contribution < -0.4 is 24.2 Å². The Hall–Kier alpha value is -4.06. The number of aliphatic carboxylic acids is 1. The number of halogens is 6. The van der Waals surface area contributed by atoms with E-state index in [9.17, 15) is 34.8 Å². The summed E-state index contributed by atoms with van der Waals surface area (Å²) in [5.74, 6) is -2.03. The van der Waals surface area contributed by atoms with Gasteiger partial charge in [-0.05, 0) is 32.2 Å². The van der Waals surface area contributed by atoms with E-state index in [1.54, 1.807) is 12.1 Å². The van der Waals surface area contributed by atoms with Gasteiger partial charge in [0.25, 0.3) is 0 Å². The highest BCUT2D eigenvalue weighted by atomic mass is 32.2. The van der Waals surface area contributed by atoms with Crippen LogP contribution in [-0.2, 0) is 14.8 Å². The Labute approximate surface area is 223 Å². The number of carbonyl (C=O) groups is 1. The van der Waals surface area contributed by atoms with Crippen LogP contribution in [0.3, 0.4) is 0 Å². The second kappa shape index (κ2) is 12.4. The molecule has 3 rings (SSSR count). The fraction of sp³-hybridized carbons (Fsp3) is 0.318. The van der Waals surface area contributed by atoms with Gasteiger partial charge in [0.1, 0.15) is 29.4 Å². The van der Waals surface area contributed by atoms with E-state index in [2.05, 4.69) is 20.0 Å². The topological polar surface area (TPSA) is 149 Å². The van der Waals surface area contributed by atoms with E-state index < -0.39 is 34.4 Å². The van der Waals surface area contributed by atoms with E-state index in [1.165, 1.54) is 27.6 Å². The molecule has 0 aliphatic heterocycles. The normalized spacial score (nSPS) is 12.7. The molecule has 3 N–H and O–H groups in total. The first-order valence-corrected chi connectivity index (χ1v) is 12.2. The van der Waals surface area contributed by atoms with Crippen LogP contribution >= 0.6 is 0 Å². The quantitative estimate of drug-likeness (QED) is 0.320. The maximum Gasteiger partial charge on any atom is 0.490 e. The van der Waals surface area contributed by atoms with Crippen LogP contribution in [0.25, 0.3) is 10.9 Å². The Morgan fingerprint density at radius 1 is 1.00 bits per heavy atom. The number of hydrogen-bond donors (Lipinski definition) is 3. The summed E-state index contributed by atoms with van der Waals surface area (Å²) in [4.78, 5) is 17.0. The van der Waals surface area contributed by atoms with Crippen molar-refractivity contribution >= 4 is 38.4 Å². The summed E-state index contributed by atoms with van der Waals surface area (Å²) in [6.07, 6.45) is -10.6. The number of sulfonamides is 1. The van der Waals surface area contributed by atoms with Crippen molar-refractivity contribution in [3.8, 4) is 17.2 Å². The van der Waals surface area contributed by atoms with Crippen molar-refractivity contribution in [3.63, 3.8) is 0 Å². The third kappa shape index (κ3) is 7.98. The summed E-state index contributed by atoms with van der Waals surface area (Å²) in [6.45, 7) is 0.845.